The minimum atomic E-state index is 0.00801. The van der Waals surface area contributed by atoms with Gasteiger partial charge in [0.1, 0.15) is 0 Å². The van der Waals surface area contributed by atoms with Gasteiger partial charge in [0.05, 0.1) is 5.56 Å². The van der Waals surface area contributed by atoms with Crippen LogP contribution in [-0.2, 0) is 0 Å². The summed E-state index contributed by atoms with van der Waals surface area (Å²) in [5, 5.41) is 7.15. The van der Waals surface area contributed by atoms with E-state index in [1.165, 1.54) is 19.3 Å². The van der Waals surface area contributed by atoms with Gasteiger partial charge in [-0.2, -0.15) is 0 Å². The zero-order valence-corrected chi connectivity index (χ0v) is 13.2. The monoisotopic (exact) mass is 306 g/mol. The third-order valence-corrected chi connectivity index (χ3v) is 5.08. The van der Waals surface area contributed by atoms with Crippen molar-refractivity contribution in [2.24, 2.45) is 11.8 Å². The molecule has 1 amide bonds. The zero-order chi connectivity index (χ0) is 14.8. The van der Waals surface area contributed by atoms with Crippen LogP contribution in [0.5, 0.6) is 0 Å². The maximum Gasteiger partial charge on any atom is 0.253 e. The number of rotatable bonds is 5. The van der Waals surface area contributed by atoms with E-state index in [0.717, 1.165) is 31.0 Å². The average molecular weight is 307 g/mol. The standard InChI is InChI=1S/C17H23ClN2O/c1-2-7-19-15-6-5-13(18)10-14(15)17(21)20-16-9-11-3-4-12(16)8-11/h5-6,10-12,16,19H,2-4,7-9H2,1H3,(H,20,21). The number of fused-ring (bicyclic) bond motifs is 2. The molecule has 0 spiro atoms. The molecule has 0 saturated heterocycles. The Morgan fingerprint density at radius 2 is 2.19 bits per heavy atom. The predicted molar refractivity (Wildman–Crippen MR) is 86.9 cm³/mol. The van der Waals surface area contributed by atoms with Gasteiger partial charge in [-0.25, -0.2) is 0 Å². The fourth-order valence-electron chi connectivity index (χ4n) is 3.79. The van der Waals surface area contributed by atoms with Crippen LogP contribution in [-0.4, -0.2) is 18.5 Å². The number of carbonyl (C=O) groups excluding carboxylic acids is 1. The van der Waals surface area contributed by atoms with E-state index in [0.29, 0.717) is 22.5 Å². The highest BCUT2D eigenvalue weighted by atomic mass is 35.5. The molecule has 114 valence electrons. The van der Waals surface area contributed by atoms with E-state index in [1.54, 1.807) is 6.07 Å². The van der Waals surface area contributed by atoms with Crippen LogP contribution in [0.15, 0.2) is 18.2 Å². The lowest BCUT2D eigenvalue weighted by molar-refractivity contribution is 0.0923. The van der Waals surface area contributed by atoms with Gasteiger partial charge in [-0.15, -0.1) is 0 Å². The third-order valence-electron chi connectivity index (χ3n) is 4.85. The molecule has 3 atom stereocenters. The third kappa shape index (κ3) is 3.18. The number of hydrogen-bond acceptors (Lipinski definition) is 2. The molecule has 3 nitrogen and oxygen atoms in total. The van der Waals surface area contributed by atoms with Crippen LogP contribution in [0, 0.1) is 11.8 Å². The zero-order valence-electron chi connectivity index (χ0n) is 12.5. The quantitative estimate of drug-likeness (QED) is 0.860. The summed E-state index contributed by atoms with van der Waals surface area (Å²) in [5.41, 5.74) is 1.54. The number of amides is 1. The van der Waals surface area contributed by atoms with E-state index in [4.69, 9.17) is 11.6 Å². The molecule has 0 heterocycles. The minimum absolute atomic E-state index is 0.00801. The molecule has 2 aliphatic carbocycles. The van der Waals surface area contributed by atoms with Gasteiger partial charge < -0.3 is 10.6 Å². The number of benzene rings is 1. The number of anilines is 1. The summed E-state index contributed by atoms with van der Waals surface area (Å²) < 4.78 is 0. The highest BCUT2D eigenvalue weighted by molar-refractivity contribution is 6.31. The highest BCUT2D eigenvalue weighted by Crippen LogP contribution is 2.44. The van der Waals surface area contributed by atoms with Crippen LogP contribution in [0.1, 0.15) is 49.4 Å². The summed E-state index contributed by atoms with van der Waals surface area (Å²) in [6.07, 6.45) is 6.08. The van der Waals surface area contributed by atoms with Crippen molar-refractivity contribution in [3.8, 4) is 0 Å². The maximum absolute atomic E-state index is 12.6. The molecule has 2 saturated carbocycles. The van der Waals surface area contributed by atoms with Crippen LogP contribution in [0.3, 0.4) is 0 Å². The van der Waals surface area contributed by atoms with Gasteiger partial charge in [0.2, 0.25) is 0 Å². The van der Waals surface area contributed by atoms with Crippen molar-refractivity contribution in [1.82, 2.24) is 5.32 Å². The van der Waals surface area contributed by atoms with Gasteiger partial charge in [0.25, 0.3) is 5.91 Å². The molecule has 2 aliphatic rings. The van der Waals surface area contributed by atoms with E-state index in [1.807, 2.05) is 12.1 Å². The smallest absolute Gasteiger partial charge is 0.253 e. The first-order chi connectivity index (χ1) is 10.2. The first-order valence-electron chi connectivity index (χ1n) is 8.01. The summed E-state index contributed by atoms with van der Waals surface area (Å²) >= 11 is 6.07. The molecular formula is C17H23ClN2O. The van der Waals surface area contributed by atoms with E-state index in [2.05, 4.69) is 17.6 Å². The molecule has 2 fully saturated rings. The Bertz CT molecular complexity index is 532. The predicted octanol–water partition coefficient (Wildman–Crippen LogP) is 4.08. The molecule has 3 rings (SSSR count). The number of halogens is 1. The van der Waals surface area contributed by atoms with Gasteiger partial charge in [0, 0.05) is 23.3 Å². The SMILES string of the molecule is CCCNc1ccc(Cl)cc1C(=O)NC1CC2CCC1C2. The normalized spacial score (nSPS) is 26.9. The van der Waals surface area contributed by atoms with Gasteiger partial charge in [0.15, 0.2) is 0 Å². The highest BCUT2D eigenvalue weighted by Gasteiger charge is 2.40. The van der Waals surface area contributed by atoms with Crippen molar-refractivity contribution >= 4 is 23.2 Å². The first kappa shape index (κ1) is 14.7. The van der Waals surface area contributed by atoms with Gasteiger partial charge in [-0.1, -0.05) is 24.9 Å². The molecule has 4 heteroatoms. The minimum Gasteiger partial charge on any atom is -0.384 e. The van der Waals surface area contributed by atoms with Crippen LogP contribution in [0.4, 0.5) is 5.69 Å². The van der Waals surface area contributed by atoms with Crippen LogP contribution in [0.2, 0.25) is 5.02 Å². The molecule has 3 unspecified atom stereocenters. The fourth-order valence-corrected chi connectivity index (χ4v) is 3.96. The van der Waals surface area contributed by atoms with Crippen molar-refractivity contribution in [2.45, 2.75) is 45.1 Å². The molecule has 0 aliphatic heterocycles. The van der Waals surface area contributed by atoms with Gasteiger partial charge in [-0.05, 0) is 55.7 Å². The second-order valence-corrected chi connectivity index (χ2v) is 6.81. The lowest BCUT2D eigenvalue weighted by atomic mass is 9.95. The van der Waals surface area contributed by atoms with Crippen LogP contribution in [0.25, 0.3) is 0 Å². The molecule has 21 heavy (non-hydrogen) atoms. The topological polar surface area (TPSA) is 41.1 Å². The van der Waals surface area contributed by atoms with Crippen LogP contribution >= 0.6 is 11.6 Å². The summed E-state index contributed by atoms with van der Waals surface area (Å²) in [4.78, 5) is 12.6. The summed E-state index contributed by atoms with van der Waals surface area (Å²) in [6, 6.07) is 5.85. The van der Waals surface area contributed by atoms with Crippen molar-refractivity contribution < 1.29 is 4.79 Å². The van der Waals surface area contributed by atoms with Crippen molar-refractivity contribution in [2.75, 3.05) is 11.9 Å². The Morgan fingerprint density at radius 1 is 1.33 bits per heavy atom. The van der Waals surface area contributed by atoms with Crippen LogP contribution < -0.4 is 10.6 Å². The average Bonchev–Trinajstić information content (AvgIpc) is 3.08. The van der Waals surface area contributed by atoms with Gasteiger partial charge in [-0.3, -0.25) is 4.79 Å². The van der Waals surface area contributed by atoms with Crippen molar-refractivity contribution in [3.05, 3.63) is 28.8 Å². The van der Waals surface area contributed by atoms with Gasteiger partial charge >= 0.3 is 0 Å². The Hall–Kier alpha value is -1.22. The number of nitrogens with one attached hydrogen (secondary N) is 2. The lowest BCUT2D eigenvalue weighted by Crippen LogP contribution is -2.38. The maximum atomic E-state index is 12.6. The second-order valence-electron chi connectivity index (χ2n) is 6.37. The van der Waals surface area contributed by atoms with E-state index < -0.39 is 0 Å². The molecule has 1 aromatic rings. The largest absolute Gasteiger partial charge is 0.384 e. The summed E-state index contributed by atoms with van der Waals surface area (Å²) in [5.74, 6) is 1.52. The molecule has 0 aromatic heterocycles. The summed E-state index contributed by atoms with van der Waals surface area (Å²) in [6.45, 7) is 2.97. The Kier molecular flexibility index (Phi) is 4.39. The molecule has 2 bridgehead atoms. The Balaban J connectivity index is 1.72. The Morgan fingerprint density at radius 3 is 2.86 bits per heavy atom. The van der Waals surface area contributed by atoms with E-state index >= 15 is 0 Å². The number of carbonyl (C=O) groups is 1. The van der Waals surface area contributed by atoms with Crippen molar-refractivity contribution in [1.29, 1.82) is 0 Å². The molecular weight excluding hydrogens is 284 g/mol. The summed E-state index contributed by atoms with van der Waals surface area (Å²) in [7, 11) is 0. The molecule has 1 aromatic carbocycles. The second kappa shape index (κ2) is 6.27. The van der Waals surface area contributed by atoms with E-state index in [-0.39, 0.29) is 5.91 Å². The fraction of sp³-hybridized carbons (Fsp3) is 0.588. The first-order valence-corrected chi connectivity index (χ1v) is 8.39. The van der Waals surface area contributed by atoms with E-state index in [9.17, 15) is 4.79 Å². The Labute approximate surface area is 131 Å². The lowest BCUT2D eigenvalue weighted by Gasteiger charge is -2.23. The molecule has 2 N–H and O–H groups in total. The number of hydrogen-bond donors (Lipinski definition) is 2. The molecule has 0 radical (unpaired) electrons. The van der Waals surface area contributed by atoms with Crippen molar-refractivity contribution in [3.63, 3.8) is 0 Å².